The summed E-state index contributed by atoms with van der Waals surface area (Å²) in [4.78, 5) is 35.5. The lowest BCUT2D eigenvalue weighted by atomic mass is 10.1. The monoisotopic (exact) mass is 339 g/mol. The maximum Gasteiger partial charge on any atom is 0.261 e. The number of nitrogens with one attached hydrogen (secondary N) is 2. The van der Waals surface area contributed by atoms with E-state index in [2.05, 4.69) is 25.4 Å². The second kappa shape index (κ2) is 6.68. The first-order valence-electron chi connectivity index (χ1n) is 7.72. The van der Waals surface area contributed by atoms with Crippen molar-refractivity contribution in [1.82, 2.24) is 25.4 Å². The van der Waals surface area contributed by atoms with Crippen LogP contribution in [0.25, 0.3) is 11.5 Å². The highest BCUT2D eigenvalue weighted by atomic mass is 16.5. The number of hydrogen-bond donors (Lipinski definition) is 2. The van der Waals surface area contributed by atoms with E-state index in [1.807, 2.05) is 6.07 Å². The zero-order valence-corrected chi connectivity index (χ0v) is 14.0. The molecule has 0 saturated carbocycles. The lowest BCUT2D eigenvalue weighted by Gasteiger charge is -2.11. The molecule has 8 nitrogen and oxygen atoms in total. The fraction of sp³-hybridized carbons (Fsp3) is 0.235. The van der Waals surface area contributed by atoms with Crippen LogP contribution in [0.1, 0.15) is 40.5 Å². The summed E-state index contributed by atoms with van der Waals surface area (Å²) in [6.07, 6.45) is 1.63. The number of carbonyl (C=O) groups excluding carboxylic acids is 1. The molecular weight excluding hydrogens is 322 g/mol. The van der Waals surface area contributed by atoms with Crippen LogP contribution in [0.3, 0.4) is 0 Å². The number of carbonyl (C=O) groups is 1. The zero-order chi connectivity index (χ0) is 18.0. The Morgan fingerprint density at radius 3 is 2.80 bits per heavy atom. The molecule has 128 valence electrons. The summed E-state index contributed by atoms with van der Waals surface area (Å²) >= 11 is 0. The number of aromatic amines is 1. The summed E-state index contributed by atoms with van der Waals surface area (Å²) in [6.45, 7) is 5.18. The van der Waals surface area contributed by atoms with Gasteiger partial charge >= 0.3 is 0 Å². The number of aromatic nitrogens is 4. The topological polar surface area (TPSA) is 114 Å². The number of amides is 1. The van der Waals surface area contributed by atoms with Crippen molar-refractivity contribution in [2.45, 2.75) is 26.8 Å². The highest BCUT2D eigenvalue weighted by molar-refractivity contribution is 5.95. The van der Waals surface area contributed by atoms with E-state index in [9.17, 15) is 9.59 Å². The minimum atomic E-state index is -0.558. The molecular formula is C17H17N5O3. The molecule has 0 aromatic carbocycles. The first kappa shape index (κ1) is 16.6. The van der Waals surface area contributed by atoms with Crippen LogP contribution < -0.4 is 10.9 Å². The van der Waals surface area contributed by atoms with Crippen LogP contribution in [0.2, 0.25) is 0 Å². The van der Waals surface area contributed by atoms with Crippen LogP contribution in [0, 0.1) is 13.8 Å². The summed E-state index contributed by atoms with van der Waals surface area (Å²) in [5.74, 6) is 0.0695. The average Bonchev–Trinajstić information content (AvgIpc) is 3.04. The van der Waals surface area contributed by atoms with Crippen molar-refractivity contribution in [3.8, 4) is 11.5 Å². The highest BCUT2D eigenvalue weighted by Gasteiger charge is 2.21. The lowest BCUT2D eigenvalue weighted by Crippen LogP contribution is -2.33. The van der Waals surface area contributed by atoms with Gasteiger partial charge in [0.15, 0.2) is 0 Å². The molecule has 0 bridgehead atoms. The SMILES string of the molecule is Cc1cc(C)c(C(=O)N[C@H](C)c2nc(-c3ccccn3)no2)c(=O)[nH]1. The fourth-order valence-corrected chi connectivity index (χ4v) is 2.48. The minimum absolute atomic E-state index is 0.0712. The largest absolute Gasteiger partial charge is 0.340 e. The second-order valence-electron chi connectivity index (χ2n) is 5.71. The molecule has 0 saturated heterocycles. The summed E-state index contributed by atoms with van der Waals surface area (Å²) in [7, 11) is 0. The fourth-order valence-electron chi connectivity index (χ4n) is 2.48. The molecule has 3 aromatic heterocycles. The van der Waals surface area contributed by atoms with Crippen LogP contribution in [-0.4, -0.2) is 26.0 Å². The Kier molecular flexibility index (Phi) is 4.42. The summed E-state index contributed by atoms with van der Waals surface area (Å²) in [6, 6.07) is 6.54. The van der Waals surface area contributed by atoms with Gasteiger partial charge in [-0.2, -0.15) is 4.98 Å². The van der Waals surface area contributed by atoms with Gasteiger partial charge in [-0.25, -0.2) is 0 Å². The molecule has 0 aliphatic carbocycles. The van der Waals surface area contributed by atoms with Crippen LogP contribution in [0.4, 0.5) is 0 Å². The lowest BCUT2D eigenvalue weighted by molar-refractivity contribution is 0.0930. The van der Waals surface area contributed by atoms with Gasteiger partial charge in [0.2, 0.25) is 11.7 Å². The number of nitrogens with zero attached hydrogens (tertiary/aromatic N) is 3. The van der Waals surface area contributed by atoms with Gasteiger partial charge in [-0.1, -0.05) is 11.2 Å². The minimum Gasteiger partial charge on any atom is -0.340 e. The van der Waals surface area contributed by atoms with Crippen molar-refractivity contribution in [2.24, 2.45) is 0 Å². The zero-order valence-electron chi connectivity index (χ0n) is 14.0. The molecule has 1 atom stereocenters. The predicted molar refractivity (Wildman–Crippen MR) is 89.9 cm³/mol. The van der Waals surface area contributed by atoms with Gasteiger partial charge in [-0.15, -0.1) is 0 Å². The number of hydrogen-bond acceptors (Lipinski definition) is 6. The molecule has 0 spiro atoms. The van der Waals surface area contributed by atoms with E-state index in [0.717, 1.165) is 0 Å². The molecule has 3 aromatic rings. The van der Waals surface area contributed by atoms with Crippen molar-refractivity contribution < 1.29 is 9.32 Å². The van der Waals surface area contributed by atoms with Gasteiger partial charge in [-0.3, -0.25) is 14.6 Å². The maximum absolute atomic E-state index is 12.4. The molecule has 25 heavy (non-hydrogen) atoms. The van der Waals surface area contributed by atoms with Gasteiger partial charge in [0, 0.05) is 11.9 Å². The van der Waals surface area contributed by atoms with Crippen LogP contribution >= 0.6 is 0 Å². The molecule has 2 N–H and O–H groups in total. The van der Waals surface area contributed by atoms with Gasteiger partial charge < -0.3 is 14.8 Å². The maximum atomic E-state index is 12.4. The Labute approximate surface area is 143 Å². The molecule has 3 heterocycles. The van der Waals surface area contributed by atoms with Gasteiger partial charge in [0.25, 0.3) is 11.5 Å². The molecule has 0 fully saturated rings. The molecule has 1 amide bonds. The Morgan fingerprint density at radius 2 is 2.12 bits per heavy atom. The Bertz CT molecular complexity index is 962. The third kappa shape index (κ3) is 3.47. The van der Waals surface area contributed by atoms with Gasteiger partial charge in [0.05, 0.1) is 0 Å². The standard InChI is InChI=1S/C17H17N5O3/c1-9-8-10(2)19-15(23)13(9)16(24)20-11(3)17-21-14(22-25-17)12-6-4-5-7-18-12/h4-8,11H,1-3H3,(H,19,23)(H,20,24)/t11-/m1/s1. The number of rotatable bonds is 4. The summed E-state index contributed by atoms with van der Waals surface area (Å²) in [5, 5.41) is 6.57. The predicted octanol–water partition coefficient (Wildman–Crippen LogP) is 1.93. The molecule has 3 rings (SSSR count). The number of pyridine rings is 2. The van der Waals surface area contributed by atoms with E-state index >= 15 is 0 Å². The van der Waals surface area contributed by atoms with Crippen LogP contribution in [-0.2, 0) is 0 Å². The summed E-state index contributed by atoms with van der Waals surface area (Å²) in [5.41, 5.74) is 1.51. The molecule has 8 heteroatoms. The molecule has 0 radical (unpaired) electrons. The van der Waals surface area contributed by atoms with E-state index in [0.29, 0.717) is 22.8 Å². The van der Waals surface area contributed by atoms with E-state index in [1.54, 1.807) is 45.2 Å². The van der Waals surface area contributed by atoms with Crippen molar-refractivity contribution in [3.05, 3.63) is 63.5 Å². The highest BCUT2D eigenvalue weighted by Crippen LogP contribution is 2.17. The van der Waals surface area contributed by atoms with Crippen molar-refractivity contribution in [2.75, 3.05) is 0 Å². The first-order valence-corrected chi connectivity index (χ1v) is 7.72. The van der Waals surface area contributed by atoms with E-state index < -0.39 is 17.5 Å². The smallest absolute Gasteiger partial charge is 0.261 e. The third-order valence-corrected chi connectivity index (χ3v) is 3.65. The van der Waals surface area contributed by atoms with E-state index in [4.69, 9.17) is 4.52 Å². The molecule has 0 unspecified atom stereocenters. The molecule has 0 aliphatic rings. The quantitative estimate of drug-likeness (QED) is 0.751. The summed E-state index contributed by atoms with van der Waals surface area (Å²) < 4.78 is 5.20. The van der Waals surface area contributed by atoms with Gasteiger partial charge in [0.1, 0.15) is 17.3 Å². The average molecular weight is 339 g/mol. The normalized spacial score (nSPS) is 12.0. The Balaban J connectivity index is 1.79. The van der Waals surface area contributed by atoms with Gasteiger partial charge in [-0.05, 0) is 44.5 Å². The van der Waals surface area contributed by atoms with Crippen molar-refractivity contribution >= 4 is 5.91 Å². The third-order valence-electron chi connectivity index (χ3n) is 3.65. The Hall–Kier alpha value is -3.29. The van der Waals surface area contributed by atoms with Crippen LogP contribution in [0.15, 0.2) is 39.8 Å². The van der Waals surface area contributed by atoms with Crippen LogP contribution in [0.5, 0.6) is 0 Å². The number of aryl methyl sites for hydroxylation is 2. The van der Waals surface area contributed by atoms with E-state index in [-0.39, 0.29) is 11.5 Å². The van der Waals surface area contributed by atoms with Crippen molar-refractivity contribution in [3.63, 3.8) is 0 Å². The Morgan fingerprint density at radius 1 is 1.32 bits per heavy atom. The molecule has 0 aliphatic heterocycles. The number of H-pyrrole nitrogens is 1. The second-order valence-corrected chi connectivity index (χ2v) is 5.71. The van der Waals surface area contributed by atoms with Crippen molar-refractivity contribution in [1.29, 1.82) is 0 Å². The van der Waals surface area contributed by atoms with E-state index in [1.165, 1.54) is 0 Å². The first-order chi connectivity index (χ1) is 12.0.